The van der Waals surface area contributed by atoms with E-state index < -0.39 is 97.5 Å². The van der Waals surface area contributed by atoms with Crippen molar-refractivity contribution in [2.24, 2.45) is 11.8 Å². The van der Waals surface area contributed by atoms with Gasteiger partial charge < -0.3 is 33.8 Å². The van der Waals surface area contributed by atoms with Crippen molar-refractivity contribution >= 4 is 39.5 Å². The number of esters is 4. The second-order valence-electron chi connectivity index (χ2n) is 26.0. The fourth-order valence-corrected chi connectivity index (χ4v) is 12.1. The summed E-state index contributed by atoms with van der Waals surface area (Å²) in [4.78, 5) is 72.2. The Kier molecular flexibility index (Phi) is 60.8. The van der Waals surface area contributed by atoms with E-state index in [4.69, 9.17) is 37.0 Å². The van der Waals surface area contributed by atoms with Gasteiger partial charge in [0.05, 0.1) is 26.4 Å². The van der Waals surface area contributed by atoms with E-state index in [1.54, 1.807) is 0 Å². The van der Waals surface area contributed by atoms with Gasteiger partial charge in [0.1, 0.15) is 19.3 Å². The van der Waals surface area contributed by atoms with Gasteiger partial charge in [-0.05, 0) is 37.5 Å². The van der Waals surface area contributed by atoms with Crippen molar-refractivity contribution in [1.29, 1.82) is 0 Å². The van der Waals surface area contributed by atoms with Crippen molar-refractivity contribution in [2.45, 2.75) is 374 Å². The molecule has 0 bridgehead atoms. The Morgan fingerprint density at radius 1 is 0.326 bits per heavy atom. The first kappa shape index (κ1) is 87.1. The minimum Gasteiger partial charge on any atom is -0.462 e. The van der Waals surface area contributed by atoms with Gasteiger partial charge >= 0.3 is 39.5 Å². The molecule has 0 radical (unpaired) electrons. The minimum absolute atomic E-state index is 0.102. The first-order chi connectivity index (χ1) is 42.9. The zero-order valence-electron chi connectivity index (χ0n) is 57.7. The van der Waals surface area contributed by atoms with Crippen molar-refractivity contribution in [3.8, 4) is 0 Å². The number of hydrogen-bond acceptors (Lipinski definition) is 15. The van der Waals surface area contributed by atoms with Crippen LogP contribution in [0.15, 0.2) is 0 Å². The van der Waals surface area contributed by atoms with E-state index in [9.17, 15) is 43.2 Å². The Balaban J connectivity index is 5.15. The van der Waals surface area contributed by atoms with Gasteiger partial charge in [-0.2, -0.15) is 0 Å². The number of carbonyl (C=O) groups is 4. The maximum absolute atomic E-state index is 13.0. The van der Waals surface area contributed by atoms with Crippen LogP contribution in [-0.4, -0.2) is 96.7 Å². The minimum atomic E-state index is -4.95. The lowest BCUT2D eigenvalue weighted by Crippen LogP contribution is -2.30. The summed E-state index contributed by atoms with van der Waals surface area (Å²) in [6.45, 7) is 9.43. The van der Waals surface area contributed by atoms with Crippen LogP contribution in [0.5, 0.6) is 0 Å². The fraction of sp³-hybridized carbons (Fsp3) is 0.943. The number of aliphatic hydroxyl groups excluding tert-OH is 1. The number of phosphoric ester groups is 2. The third-order valence-electron chi connectivity index (χ3n) is 16.6. The first-order valence-electron chi connectivity index (χ1n) is 36.5. The molecular formula is C70H136O17P2. The highest BCUT2D eigenvalue weighted by Gasteiger charge is 2.30. The number of unbranched alkanes of at least 4 members (excludes halogenated alkanes) is 38. The highest BCUT2D eigenvalue weighted by atomic mass is 31.2. The number of phosphoric acid groups is 2. The number of ether oxygens (including phenoxy) is 4. The molecule has 0 saturated carbocycles. The van der Waals surface area contributed by atoms with Crippen molar-refractivity contribution < 1.29 is 80.2 Å². The lowest BCUT2D eigenvalue weighted by atomic mass is 10.00. The molecule has 19 heteroatoms. The van der Waals surface area contributed by atoms with Crippen LogP contribution in [0, 0.1) is 11.8 Å². The lowest BCUT2D eigenvalue weighted by molar-refractivity contribution is -0.161. The summed E-state index contributed by atoms with van der Waals surface area (Å²) in [5, 5.41) is 10.6. The number of aliphatic hydroxyl groups is 1. The molecule has 3 N–H and O–H groups in total. The monoisotopic (exact) mass is 1310 g/mol. The molecule has 0 heterocycles. The van der Waals surface area contributed by atoms with E-state index >= 15 is 0 Å². The SMILES string of the molecule is CCCCCCCCCCCCCCCCCCCC(=O)OC[C@H](COP(=O)(O)OC[C@@H](O)COP(=O)(O)OC[C@@H](COC(=O)CCCCCCC)OC(=O)CCCCCCCCC(C)CC)OC(=O)CCCCCCCCCCCCCCCCC(C)C. The van der Waals surface area contributed by atoms with Gasteiger partial charge in [0.15, 0.2) is 12.2 Å². The molecule has 0 aromatic heterocycles. The molecule has 3 unspecified atom stereocenters. The predicted octanol–water partition coefficient (Wildman–Crippen LogP) is 20.0. The maximum atomic E-state index is 13.0. The van der Waals surface area contributed by atoms with Gasteiger partial charge in [-0.3, -0.25) is 37.3 Å². The summed E-state index contributed by atoms with van der Waals surface area (Å²) < 4.78 is 68.0. The molecule has 0 aromatic carbocycles. The zero-order chi connectivity index (χ0) is 65.7. The summed E-state index contributed by atoms with van der Waals surface area (Å²) in [5.41, 5.74) is 0. The Morgan fingerprint density at radius 3 is 0.854 bits per heavy atom. The molecule has 0 aliphatic carbocycles. The van der Waals surface area contributed by atoms with Gasteiger partial charge in [-0.1, -0.05) is 305 Å². The van der Waals surface area contributed by atoms with E-state index in [1.165, 1.54) is 167 Å². The molecule has 528 valence electrons. The number of carbonyl (C=O) groups excluding carboxylic acids is 4. The Labute approximate surface area is 543 Å². The molecule has 0 saturated heterocycles. The van der Waals surface area contributed by atoms with Crippen LogP contribution < -0.4 is 0 Å². The quantitative estimate of drug-likeness (QED) is 0.0222. The highest BCUT2D eigenvalue weighted by molar-refractivity contribution is 7.47. The fourth-order valence-electron chi connectivity index (χ4n) is 10.6. The molecular weight excluding hydrogens is 1170 g/mol. The normalized spacial score (nSPS) is 14.4. The van der Waals surface area contributed by atoms with E-state index in [1.807, 2.05) is 0 Å². The van der Waals surface area contributed by atoms with Crippen LogP contribution in [0.2, 0.25) is 0 Å². The maximum Gasteiger partial charge on any atom is 0.472 e. The van der Waals surface area contributed by atoms with E-state index in [-0.39, 0.29) is 25.7 Å². The largest absolute Gasteiger partial charge is 0.472 e. The lowest BCUT2D eigenvalue weighted by Gasteiger charge is -2.21. The molecule has 0 aromatic rings. The third kappa shape index (κ3) is 63.2. The molecule has 6 atom stereocenters. The summed E-state index contributed by atoms with van der Waals surface area (Å²) >= 11 is 0. The summed E-state index contributed by atoms with van der Waals surface area (Å²) in [6, 6.07) is 0. The van der Waals surface area contributed by atoms with Crippen molar-refractivity contribution in [1.82, 2.24) is 0 Å². The average molecular weight is 1310 g/mol. The van der Waals surface area contributed by atoms with E-state index in [0.29, 0.717) is 25.7 Å². The van der Waals surface area contributed by atoms with Crippen molar-refractivity contribution in [2.75, 3.05) is 39.6 Å². The van der Waals surface area contributed by atoms with Gasteiger partial charge in [0, 0.05) is 25.7 Å². The highest BCUT2D eigenvalue weighted by Crippen LogP contribution is 2.45. The van der Waals surface area contributed by atoms with E-state index in [0.717, 1.165) is 108 Å². The topological polar surface area (TPSA) is 237 Å². The van der Waals surface area contributed by atoms with E-state index in [2.05, 4.69) is 41.5 Å². The third-order valence-corrected chi connectivity index (χ3v) is 18.5. The van der Waals surface area contributed by atoms with Crippen LogP contribution >= 0.6 is 15.6 Å². The molecule has 0 fully saturated rings. The molecule has 17 nitrogen and oxygen atoms in total. The molecule has 89 heavy (non-hydrogen) atoms. The molecule has 0 aliphatic rings. The number of rotatable bonds is 69. The molecule has 0 spiro atoms. The summed E-state index contributed by atoms with van der Waals surface area (Å²) in [7, 11) is -9.89. The predicted molar refractivity (Wildman–Crippen MR) is 358 cm³/mol. The van der Waals surface area contributed by atoms with Crippen molar-refractivity contribution in [3.63, 3.8) is 0 Å². The Hall–Kier alpha value is -1.94. The van der Waals surface area contributed by atoms with Crippen LogP contribution in [0.3, 0.4) is 0 Å². The molecule has 0 amide bonds. The van der Waals surface area contributed by atoms with Crippen LogP contribution in [0.1, 0.15) is 356 Å². The Bertz CT molecular complexity index is 1740. The standard InChI is InChI=1S/C70H136O17P2/c1-7-10-12-14-15-16-17-18-19-20-21-25-28-31-34-41-47-53-68(73)81-59-66(86-69(74)54-48-42-35-32-29-26-23-22-24-27-30-33-39-44-50-62(4)5)61-85-89(78,79)83-57-64(71)56-82-88(76,77)84-60-65(58-80-67(72)52-46-38-13-11-8-2)87-70(75)55-49-43-37-36-40-45-51-63(6)9-3/h62-66,71H,7-61H2,1-6H3,(H,76,77)(H,78,79)/t63?,64-,65+,66+/m0/s1. The second kappa shape index (κ2) is 62.2. The van der Waals surface area contributed by atoms with Gasteiger partial charge in [-0.25, -0.2) is 9.13 Å². The first-order valence-corrected chi connectivity index (χ1v) is 39.5. The van der Waals surface area contributed by atoms with Gasteiger partial charge in [0.2, 0.25) is 0 Å². The molecule has 0 aliphatic heterocycles. The summed E-state index contributed by atoms with van der Waals surface area (Å²) in [5.74, 6) is -0.622. The zero-order valence-corrected chi connectivity index (χ0v) is 59.5. The second-order valence-corrected chi connectivity index (χ2v) is 28.9. The Morgan fingerprint density at radius 2 is 0.573 bits per heavy atom. The average Bonchev–Trinajstić information content (AvgIpc) is 3.55. The smallest absolute Gasteiger partial charge is 0.462 e. The van der Waals surface area contributed by atoms with Crippen LogP contribution in [0.25, 0.3) is 0 Å². The number of hydrogen-bond donors (Lipinski definition) is 3. The summed E-state index contributed by atoms with van der Waals surface area (Å²) in [6.07, 6.45) is 47.7. The van der Waals surface area contributed by atoms with Crippen LogP contribution in [-0.2, 0) is 65.4 Å². The van der Waals surface area contributed by atoms with Gasteiger partial charge in [-0.15, -0.1) is 0 Å². The molecule has 0 rings (SSSR count). The van der Waals surface area contributed by atoms with Crippen LogP contribution in [0.4, 0.5) is 0 Å². The van der Waals surface area contributed by atoms with Gasteiger partial charge in [0.25, 0.3) is 0 Å². The van der Waals surface area contributed by atoms with Crippen molar-refractivity contribution in [3.05, 3.63) is 0 Å².